The van der Waals surface area contributed by atoms with Crippen molar-refractivity contribution in [2.75, 3.05) is 25.1 Å². The molecule has 17 nitrogen and oxygen atoms in total. The average molecular weight is 753 g/mol. The second-order valence-corrected chi connectivity index (χ2v) is 14.3. The lowest BCUT2D eigenvalue weighted by Gasteiger charge is -2.32. The van der Waals surface area contributed by atoms with Gasteiger partial charge in [0, 0.05) is 31.2 Å². The van der Waals surface area contributed by atoms with Crippen LogP contribution in [0.3, 0.4) is 0 Å². The molecule has 0 radical (unpaired) electrons. The van der Waals surface area contributed by atoms with Crippen LogP contribution in [0.5, 0.6) is 5.75 Å². The van der Waals surface area contributed by atoms with Crippen molar-refractivity contribution in [3.8, 4) is 5.75 Å². The molecule has 0 spiro atoms. The normalized spacial score (nSPS) is 16.3. The zero-order chi connectivity index (χ0) is 40.2. The predicted molar refractivity (Wildman–Crippen MR) is 198 cm³/mol. The van der Waals surface area contributed by atoms with Gasteiger partial charge in [-0.2, -0.15) is 0 Å². The molecular formula is C37H52N8O9. The third-order valence-corrected chi connectivity index (χ3v) is 8.60. The summed E-state index contributed by atoms with van der Waals surface area (Å²) in [6, 6.07) is 10.4. The summed E-state index contributed by atoms with van der Waals surface area (Å²) < 4.78 is 5.54. The lowest BCUT2D eigenvalue weighted by molar-refractivity contribution is -0.147. The largest absolute Gasteiger partial charge is 0.484 e. The van der Waals surface area contributed by atoms with Crippen LogP contribution >= 0.6 is 0 Å². The number of ether oxygens (including phenoxy) is 1. The van der Waals surface area contributed by atoms with Crippen molar-refractivity contribution in [2.24, 2.45) is 17.2 Å². The summed E-state index contributed by atoms with van der Waals surface area (Å²) in [4.78, 5) is 91.5. The van der Waals surface area contributed by atoms with Crippen LogP contribution in [0, 0.1) is 0 Å². The average Bonchev–Trinajstić information content (AvgIpc) is 3.61. The fraction of sp³-hybridized carbons (Fsp3) is 0.486. The van der Waals surface area contributed by atoms with Crippen molar-refractivity contribution >= 4 is 47.0 Å². The van der Waals surface area contributed by atoms with Gasteiger partial charge in [0.15, 0.2) is 12.7 Å². The first-order valence-corrected chi connectivity index (χ1v) is 17.6. The number of rotatable bonds is 18. The number of carbonyl (C=O) groups is 7. The van der Waals surface area contributed by atoms with Crippen LogP contribution < -0.4 is 42.8 Å². The van der Waals surface area contributed by atoms with Gasteiger partial charge in [0.1, 0.15) is 17.8 Å². The van der Waals surface area contributed by atoms with E-state index >= 15 is 0 Å². The number of anilines is 1. The van der Waals surface area contributed by atoms with E-state index in [2.05, 4.69) is 16.0 Å². The number of hydrogen-bond donors (Lipinski definition) is 7. The smallest absolute Gasteiger partial charge is 0.258 e. The number of nitrogens with zero attached hydrogens (tertiary/aromatic N) is 2. The van der Waals surface area contributed by atoms with Crippen LogP contribution in [0.1, 0.15) is 58.4 Å². The molecule has 294 valence electrons. The Bertz CT molecular complexity index is 1650. The Labute approximate surface area is 314 Å². The van der Waals surface area contributed by atoms with E-state index in [0.717, 1.165) is 0 Å². The number of nitrogens with one attached hydrogen (secondary N) is 3. The molecule has 17 heteroatoms. The van der Waals surface area contributed by atoms with E-state index < -0.39 is 84.3 Å². The summed E-state index contributed by atoms with van der Waals surface area (Å²) >= 11 is 0. The lowest BCUT2D eigenvalue weighted by Crippen LogP contribution is -2.59. The third kappa shape index (κ3) is 13.1. The van der Waals surface area contributed by atoms with Crippen molar-refractivity contribution in [3.63, 3.8) is 0 Å². The highest BCUT2D eigenvalue weighted by Crippen LogP contribution is 2.22. The minimum Gasteiger partial charge on any atom is -0.484 e. The third-order valence-electron chi connectivity index (χ3n) is 8.60. The molecule has 0 aliphatic carbocycles. The van der Waals surface area contributed by atoms with Gasteiger partial charge in [0.05, 0.1) is 18.5 Å². The number of hydrogen-bond acceptors (Lipinski definition) is 10. The van der Waals surface area contributed by atoms with Crippen LogP contribution in [-0.2, 0) is 40.0 Å². The van der Waals surface area contributed by atoms with Gasteiger partial charge >= 0.3 is 0 Å². The first-order chi connectivity index (χ1) is 25.4. The number of carbonyl (C=O) groups excluding carboxylic acids is 7. The molecule has 1 aliphatic heterocycles. The molecule has 7 amide bonds. The fourth-order valence-corrected chi connectivity index (χ4v) is 5.85. The quantitative estimate of drug-likeness (QED) is 0.0974. The van der Waals surface area contributed by atoms with E-state index in [1.165, 1.54) is 29.0 Å². The molecule has 10 N–H and O–H groups in total. The van der Waals surface area contributed by atoms with E-state index in [9.17, 15) is 38.7 Å². The molecule has 2 unspecified atom stereocenters. The Hall–Kier alpha value is -5.55. The second-order valence-electron chi connectivity index (χ2n) is 14.3. The molecule has 1 aliphatic rings. The van der Waals surface area contributed by atoms with Crippen molar-refractivity contribution in [2.45, 2.75) is 95.1 Å². The van der Waals surface area contributed by atoms with E-state index in [1.807, 2.05) is 20.8 Å². The van der Waals surface area contributed by atoms with Gasteiger partial charge < -0.3 is 52.8 Å². The minimum atomic E-state index is -1.78. The van der Waals surface area contributed by atoms with E-state index in [-0.39, 0.29) is 37.5 Å². The number of benzene rings is 2. The van der Waals surface area contributed by atoms with E-state index in [0.29, 0.717) is 24.1 Å². The molecule has 1 heterocycles. The summed E-state index contributed by atoms with van der Waals surface area (Å²) in [5.74, 6) is -4.44. The first-order valence-electron chi connectivity index (χ1n) is 17.6. The summed E-state index contributed by atoms with van der Waals surface area (Å²) in [6.07, 6.45) is -1.38. The van der Waals surface area contributed by atoms with E-state index in [4.69, 9.17) is 21.9 Å². The molecule has 2 aromatic carbocycles. The molecular weight excluding hydrogens is 700 g/mol. The van der Waals surface area contributed by atoms with Gasteiger partial charge in [-0.05, 0) is 76.3 Å². The van der Waals surface area contributed by atoms with E-state index in [1.54, 1.807) is 42.5 Å². The van der Waals surface area contributed by atoms with Crippen LogP contribution in [0.25, 0.3) is 0 Å². The number of likely N-dealkylation sites (N-methyl/N-ethyl adjacent to an activating group) is 1. The van der Waals surface area contributed by atoms with Gasteiger partial charge in [-0.15, -0.1) is 0 Å². The van der Waals surface area contributed by atoms with Crippen molar-refractivity contribution < 1.29 is 43.4 Å². The Balaban J connectivity index is 1.69. The second kappa shape index (κ2) is 19.5. The zero-order valence-electron chi connectivity index (χ0n) is 31.1. The summed E-state index contributed by atoms with van der Waals surface area (Å²) in [7, 11) is 1.51. The highest BCUT2D eigenvalue weighted by Gasteiger charge is 2.41. The number of amides is 7. The molecule has 5 atom stereocenters. The Morgan fingerprint density at radius 1 is 0.963 bits per heavy atom. The predicted octanol–water partition coefficient (Wildman–Crippen LogP) is -1.02. The number of aliphatic hydroxyl groups is 1. The van der Waals surface area contributed by atoms with Crippen LogP contribution in [0.15, 0.2) is 54.6 Å². The number of nitrogens with two attached hydrogens (primary N) is 3. The van der Waals surface area contributed by atoms with Gasteiger partial charge in [-0.3, -0.25) is 33.6 Å². The maximum atomic E-state index is 13.7. The van der Waals surface area contributed by atoms with Crippen molar-refractivity contribution in [3.05, 3.63) is 60.2 Å². The summed E-state index contributed by atoms with van der Waals surface area (Å²) in [5.41, 5.74) is 17.0. The number of likely N-dealkylation sites (tertiary alicyclic amines) is 1. The van der Waals surface area contributed by atoms with Crippen LogP contribution in [-0.4, -0.2) is 107 Å². The fourth-order valence-electron chi connectivity index (χ4n) is 5.85. The lowest BCUT2D eigenvalue weighted by atomic mass is 9.99. The number of primary amides is 2. The number of aliphatic hydroxyl groups excluding tert-OH is 1. The minimum absolute atomic E-state index is 0.00260. The highest BCUT2D eigenvalue weighted by molar-refractivity contribution is 5.97. The molecule has 3 rings (SSSR count). The van der Waals surface area contributed by atoms with Crippen molar-refractivity contribution in [1.29, 1.82) is 0 Å². The Morgan fingerprint density at radius 3 is 2.20 bits per heavy atom. The van der Waals surface area contributed by atoms with Gasteiger partial charge in [-0.1, -0.05) is 30.3 Å². The standard InChI is InChI=1S/C37H52N8O9/c1-37(2,3)43-34(51)28-11-8-18-45(28)36(53)32(49)26(19-22-9-6-5-7-10-22)42-33(50)27(20-30(40)47)41-31(48)21-54-24-14-12-23(13-15-24)44(4)35(52)25(38)16-17-29(39)46/h5-7,9-10,12-15,25-28,32,49H,8,11,16-21,38H2,1-4H3,(H2,39,46)(H2,40,47)(H,41,48)(H,42,50)(H,43,51)/t25-,26?,27-,28-,32?/m0/s1. The maximum Gasteiger partial charge on any atom is 0.258 e. The molecule has 0 bridgehead atoms. The summed E-state index contributed by atoms with van der Waals surface area (Å²) in [5, 5.41) is 19.3. The molecule has 54 heavy (non-hydrogen) atoms. The van der Waals surface area contributed by atoms with Crippen molar-refractivity contribution in [1.82, 2.24) is 20.9 Å². The topological polar surface area (TPSA) is 270 Å². The molecule has 2 aromatic rings. The first kappa shape index (κ1) is 42.9. The van der Waals surface area contributed by atoms with Crippen LogP contribution in [0.2, 0.25) is 0 Å². The molecule has 0 saturated carbocycles. The monoisotopic (exact) mass is 752 g/mol. The van der Waals surface area contributed by atoms with Crippen LogP contribution in [0.4, 0.5) is 5.69 Å². The highest BCUT2D eigenvalue weighted by atomic mass is 16.5. The Morgan fingerprint density at radius 2 is 1.61 bits per heavy atom. The molecule has 0 aromatic heterocycles. The zero-order valence-corrected chi connectivity index (χ0v) is 31.1. The Kier molecular flexibility index (Phi) is 15.5. The van der Waals surface area contributed by atoms with Gasteiger partial charge in [-0.25, -0.2) is 0 Å². The van der Waals surface area contributed by atoms with Gasteiger partial charge in [0.25, 0.3) is 11.8 Å². The molecule has 1 saturated heterocycles. The SMILES string of the molecule is CN(C(=O)[C@@H](N)CCC(N)=O)c1ccc(OCC(=O)N[C@@H](CC(N)=O)C(=O)NC(Cc2ccccc2)C(O)C(=O)N2CCC[C@H]2C(=O)NC(C)(C)C)cc1. The van der Waals surface area contributed by atoms with Gasteiger partial charge in [0.2, 0.25) is 29.5 Å². The maximum absolute atomic E-state index is 13.7. The molecule has 1 fully saturated rings. The summed E-state index contributed by atoms with van der Waals surface area (Å²) in [6.45, 7) is 5.11.